The zero-order valence-corrected chi connectivity index (χ0v) is 17.3. The zero-order chi connectivity index (χ0) is 20.1. The van der Waals surface area contributed by atoms with E-state index in [1.807, 2.05) is 12.1 Å². The van der Waals surface area contributed by atoms with Crippen LogP contribution in [0.15, 0.2) is 53.4 Å². The maximum absolute atomic E-state index is 12.9. The highest BCUT2D eigenvalue weighted by Crippen LogP contribution is 2.33. The Morgan fingerprint density at radius 2 is 1.86 bits per heavy atom. The smallest absolute Gasteiger partial charge is 0.341 e. The molecule has 1 saturated heterocycles. The van der Waals surface area contributed by atoms with Crippen LogP contribution in [0.4, 0.5) is 0 Å². The molecule has 0 radical (unpaired) electrons. The molecule has 0 aromatic heterocycles. The fourth-order valence-corrected chi connectivity index (χ4v) is 6.33. The van der Waals surface area contributed by atoms with Gasteiger partial charge >= 0.3 is 5.97 Å². The molecule has 2 aromatic carbocycles. The highest BCUT2D eigenvalue weighted by atomic mass is 35.5. The third-order valence-electron chi connectivity index (χ3n) is 4.33. The number of thioether (sulfide) groups is 1. The number of benzene rings is 2. The summed E-state index contributed by atoms with van der Waals surface area (Å²) in [5, 5.41) is 9.01. The van der Waals surface area contributed by atoms with Crippen LogP contribution in [0.25, 0.3) is 0 Å². The molecule has 28 heavy (non-hydrogen) atoms. The predicted octanol–water partition coefficient (Wildman–Crippen LogP) is 3.50. The molecular weight excluding hydrogens is 422 g/mol. The number of carbonyl (C=O) groups is 1. The van der Waals surface area contributed by atoms with Gasteiger partial charge in [-0.05, 0) is 54.8 Å². The minimum atomic E-state index is -3.55. The fraction of sp³-hybridized carbons (Fsp3) is 0.316. The number of nitrogens with zero attached hydrogens (tertiary/aromatic N) is 1. The van der Waals surface area contributed by atoms with Gasteiger partial charge in [-0.3, -0.25) is 0 Å². The number of sulfonamides is 1. The van der Waals surface area contributed by atoms with Crippen molar-refractivity contribution in [1.29, 1.82) is 0 Å². The molecule has 0 spiro atoms. The minimum Gasteiger partial charge on any atom is -0.482 e. The second kappa shape index (κ2) is 9.17. The number of carboxylic acid groups (broad SMARTS) is 1. The van der Waals surface area contributed by atoms with Gasteiger partial charge in [-0.2, -0.15) is 4.31 Å². The molecular formula is C19H20ClNO5S2. The minimum absolute atomic E-state index is 0.122. The van der Waals surface area contributed by atoms with Crippen molar-refractivity contribution < 1.29 is 23.1 Å². The van der Waals surface area contributed by atoms with Crippen molar-refractivity contribution in [2.75, 3.05) is 18.9 Å². The molecule has 9 heteroatoms. The van der Waals surface area contributed by atoms with E-state index in [0.717, 1.165) is 11.3 Å². The average molecular weight is 442 g/mol. The summed E-state index contributed by atoms with van der Waals surface area (Å²) in [7, 11) is -3.55. The van der Waals surface area contributed by atoms with E-state index in [1.165, 1.54) is 12.1 Å². The summed E-state index contributed by atoms with van der Waals surface area (Å²) in [4.78, 5) is 10.8. The fourth-order valence-electron chi connectivity index (χ4n) is 2.94. The number of rotatable bonds is 8. The highest BCUT2D eigenvalue weighted by Gasteiger charge is 2.35. The van der Waals surface area contributed by atoms with Gasteiger partial charge in [0.05, 0.1) is 10.3 Å². The van der Waals surface area contributed by atoms with Gasteiger partial charge in [0.1, 0.15) is 5.75 Å². The highest BCUT2D eigenvalue weighted by molar-refractivity contribution is 8.01. The largest absolute Gasteiger partial charge is 0.482 e. The Kier molecular flexibility index (Phi) is 6.87. The average Bonchev–Trinajstić information content (AvgIpc) is 3.15. The molecule has 0 amide bonds. The van der Waals surface area contributed by atoms with Crippen molar-refractivity contribution in [2.24, 2.45) is 0 Å². The van der Waals surface area contributed by atoms with Gasteiger partial charge in [0.25, 0.3) is 0 Å². The Bertz CT molecular complexity index is 916. The molecule has 1 aliphatic heterocycles. The molecule has 1 atom stereocenters. The third kappa shape index (κ3) is 5.20. The maximum atomic E-state index is 12.9. The summed E-state index contributed by atoms with van der Waals surface area (Å²) in [6.45, 7) is 0.109. The Hall–Kier alpha value is -1.74. The summed E-state index contributed by atoms with van der Waals surface area (Å²) >= 11 is 7.50. The Morgan fingerprint density at radius 1 is 1.18 bits per heavy atom. The molecule has 6 nitrogen and oxygen atoms in total. The molecule has 1 fully saturated rings. The Balaban J connectivity index is 1.62. The van der Waals surface area contributed by atoms with Crippen LogP contribution in [0.1, 0.15) is 12.0 Å². The van der Waals surface area contributed by atoms with Crippen molar-refractivity contribution in [1.82, 2.24) is 4.31 Å². The van der Waals surface area contributed by atoms with Crippen molar-refractivity contribution in [3.8, 4) is 5.75 Å². The van der Waals surface area contributed by atoms with Crippen LogP contribution in [-0.4, -0.2) is 48.1 Å². The monoisotopic (exact) mass is 441 g/mol. The number of hydrogen-bond donors (Lipinski definition) is 1. The number of carboxylic acids is 1. The lowest BCUT2D eigenvalue weighted by molar-refractivity contribution is -0.139. The number of aryl methyl sites for hydroxylation is 1. The Morgan fingerprint density at radius 3 is 2.50 bits per heavy atom. The molecule has 0 bridgehead atoms. The second-order valence-electron chi connectivity index (χ2n) is 6.26. The quantitative estimate of drug-likeness (QED) is 0.675. The molecule has 1 aliphatic rings. The number of aliphatic carboxylic acids is 1. The number of ether oxygens (including phenoxy) is 1. The SMILES string of the molecule is O=C(O)COc1ccc(CCC2SCCN2S(=O)(=O)c2ccc(Cl)cc2)cc1. The van der Waals surface area contributed by atoms with E-state index in [1.54, 1.807) is 40.3 Å². The van der Waals surface area contributed by atoms with E-state index >= 15 is 0 Å². The van der Waals surface area contributed by atoms with Gasteiger partial charge < -0.3 is 9.84 Å². The lowest BCUT2D eigenvalue weighted by Crippen LogP contribution is -2.35. The second-order valence-corrected chi connectivity index (χ2v) is 9.87. The van der Waals surface area contributed by atoms with Gasteiger partial charge in [0.15, 0.2) is 6.61 Å². The van der Waals surface area contributed by atoms with E-state index < -0.39 is 16.0 Å². The first-order valence-corrected chi connectivity index (χ1v) is 11.6. The summed E-state index contributed by atoms with van der Waals surface area (Å²) in [5.74, 6) is 0.233. The topological polar surface area (TPSA) is 83.9 Å². The van der Waals surface area contributed by atoms with Crippen LogP contribution in [0, 0.1) is 0 Å². The van der Waals surface area contributed by atoms with Crippen LogP contribution in [0.5, 0.6) is 5.75 Å². The summed E-state index contributed by atoms with van der Waals surface area (Å²) in [6.07, 6.45) is 1.40. The van der Waals surface area contributed by atoms with Crippen molar-refractivity contribution >= 4 is 39.4 Å². The summed E-state index contributed by atoms with van der Waals surface area (Å²) < 4.78 is 32.6. The van der Waals surface area contributed by atoms with Crippen LogP contribution < -0.4 is 4.74 Å². The molecule has 1 heterocycles. The van der Waals surface area contributed by atoms with Gasteiger partial charge in [-0.25, -0.2) is 13.2 Å². The van der Waals surface area contributed by atoms with Crippen LogP contribution in [0.3, 0.4) is 0 Å². The summed E-state index contributed by atoms with van der Waals surface area (Å²) in [5.41, 5.74) is 1.04. The number of hydrogen-bond acceptors (Lipinski definition) is 5. The van der Waals surface area contributed by atoms with Crippen LogP contribution in [-0.2, 0) is 21.2 Å². The van der Waals surface area contributed by atoms with Gasteiger partial charge in [-0.15, -0.1) is 11.8 Å². The molecule has 3 rings (SSSR count). The van der Waals surface area contributed by atoms with Crippen LogP contribution >= 0.6 is 23.4 Å². The first kappa shape index (κ1) is 21.0. The van der Waals surface area contributed by atoms with Gasteiger partial charge in [0.2, 0.25) is 10.0 Å². The molecule has 150 valence electrons. The number of halogens is 1. The van der Waals surface area contributed by atoms with E-state index in [2.05, 4.69) is 0 Å². The maximum Gasteiger partial charge on any atom is 0.341 e. The zero-order valence-electron chi connectivity index (χ0n) is 15.0. The van der Waals surface area contributed by atoms with E-state index in [-0.39, 0.29) is 16.9 Å². The van der Waals surface area contributed by atoms with Crippen molar-refractivity contribution in [3.05, 3.63) is 59.1 Å². The lowest BCUT2D eigenvalue weighted by Gasteiger charge is -2.23. The van der Waals surface area contributed by atoms with Crippen molar-refractivity contribution in [2.45, 2.75) is 23.1 Å². The van der Waals surface area contributed by atoms with Gasteiger partial charge in [0, 0.05) is 17.3 Å². The predicted molar refractivity (Wildman–Crippen MR) is 109 cm³/mol. The van der Waals surface area contributed by atoms with Crippen molar-refractivity contribution in [3.63, 3.8) is 0 Å². The molecule has 0 aliphatic carbocycles. The van der Waals surface area contributed by atoms with E-state index in [9.17, 15) is 13.2 Å². The Labute approximate surface area is 173 Å². The van der Waals surface area contributed by atoms with E-state index in [0.29, 0.717) is 30.2 Å². The van der Waals surface area contributed by atoms with Crippen LogP contribution in [0.2, 0.25) is 5.02 Å². The molecule has 2 aromatic rings. The molecule has 1 unspecified atom stereocenters. The molecule has 0 saturated carbocycles. The van der Waals surface area contributed by atoms with E-state index in [4.69, 9.17) is 21.4 Å². The van der Waals surface area contributed by atoms with Gasteiger partial charge in [-0.1, -0.05) is 23.7 Å². The standard InChI is InChI=1S/C19H20ClNO5S2/c20-15-4-8-17(9-5-15)28(24,25)21-11-12-27-18(21)10-3-14-1-6-16(7-2-14)26-13-19(22)23/h1-2,4-9,18H,3,10-13H2,(H,22,23). The normalized spacial score (nSPS) is 17.5. The summed E-state index contributed by atoms with van der Waals surface area (Å²) in [6, 6.07) is 13.4. The first-order chi connectivity index (χ1) is 13.4. The first-order valence-electron chi connectivity index (χ1n) is 8.69. The third-order valence-corrected chi connectivity index (χ3v) is 7.93. The lowest BCUT2D eigenvalue weighted by atomic mass is 10.1. The molecule has 1 N–H and O–H groups in total.